The zero-order valence-corrected chi connectivity index (χ0v) is 14.9. The predicted octanol–water partition coefficient (Wildman–Crippen LogP) is 3.28. The predicted molar refractivity (Wildman–Crippen MR) is 93.3 cm³/mol. The van der Waals surface area contributed by atoms with Gasteiger partial charge in [0, 0.05) is 38.7 Å². The van der Waals surface area contributed by atoms with E-state index in [1.807, 2.05) is 7.05 Å². The van der Waals surface area contributed by atoms with Gasteiger partial charge < -0.3 is 15.0 Å². The maximum absolute atomic E-state index is 5.63. The fraction of sp³-hybridized carbons (Fsp3) is 0.944. The Morgan fingerprint density at radius 3 is 2.77 bits per heavy atom. The summed E-state index contributed by atoms with van der Waals surface area (Å²) in [4.78, 5) is 6.97. The fourth-order valence-electron chi connectivity index (χ4n) is 3.90. The number of unbranched alkanes of at least 4 members (excludes halogenated alkanes) is 1. The molecule has 0 aromatic heterocycles. The SMILES string of the molecule is CCCCC(CCC)CNC(=NC)N1CCC2(CCOC2)C1. The zero-order valence-electron chi connectivity index (χ0n) is 14.9. The van der Waals surface area contributed by atoms with Crippen LogP contribution in [0.2, 0.25) is 0 Å². The molecule has 4 heteroatoms. The molecule has 0 bridgehead atoms. The van der Waals surface area contributed by atoms with Crippen LogP contribution < -0.4 is 5.32 Å². The summed E-state index contributed by atoms with van der Waals surface area (Å²) in [6, 6.07) is 0. The van der Waals surface area contributed by atoms with Crippen molar-refractivity contribution in [2.24, 2.45) is 16.3 Å². The summed E-state index contributed by atoms with van der Waals surface area (Å²) in [6.45, 7) is 9.75. The van der Waals surface area contributed by atoms with E-state index < -0.39 is 0 Å². The molecular weight excluding hydrogens is 274 g/mol. The van der Waals surface area contributed by atoms with Gasteiger partial charge in [-0.3, -0.25) is 4.99 Å². The lowest BCUT2D eigenvalue weighted by molar-refractivity contribution is 0.156. The molecule has 0 saturated carbocycles. The van der Waals surface area contributed by atoms with Crippen molar-refractivity contribution in [2.45, 2.75) is 58.8 Å². The number of rotatable bonds is 7. The molecule has 2 aliphatic rings. The molecule has 0 aromatic carbocycles. The molecule has 2 unspecified atom stereocenters. The molecule has 0 aliphatic carbocycles. The van der Waals surface area contributed by atoms with Crippen LogP contribution in [0.1, 0.15) is 58.8 Å². The van der Waals surface area contributed by atoms with Crippen LogP contribution in [-0.4, -0.2) is 50.8 Å². The standard InChI is InChI=1S/C18H35N3O/c1-4-6-8-16(7-5-2)13-20-17(19-3)21-11-9-18(14-21)10-12-22-15-18/h16H,4-15H2,1-3H3,(H,19,20). The maximum atomic E-state index is 5.63. The largest absolute Gasteiger partial charge is 0.381 e. The Balaban J connectivity index is 1.81. The molecule has 22 heavy (non-hydrogen) atoms. The minimum Gasteiger partial charge on any atom is -0.381 e. The van der Waals surface area contributed by atoms with E-state index in [4.69, 9.17) is 4.74 Å². The van der Waals surface area contributed by atoms with Crippen LogP contribution in [0.25, 0.3) is 0 Å². The summed E-state index contributed by atoms with van der Waals surface area (Å²) >= 11 is 0. The van der Waals surface area contributed by atoms with Crippen molar-refractivity contribution in [2.75, 3.05) is 39.9 Å². The van der Waals surface area contributed by atoms with Crippen molar-refractivity contribution >= 4 is 5.96 Å². The number of aliphatic imine (C=N–C) groups is 1. The number of nitrogens with zero attached hydrogens (tertiary/aromatic N) is 2. The normalized spacial score (nSPS) is 26.9. The first-order valence-corrected chi connectivity index (χ1v) is 9.26. The molecule has 2 atom stereocenters. The maximum Gasteiger partial charge on any atom is 0.193 e. The van der Waals surface area contributed by atoms with Gasteiger partial charge in [0.2, 0.25) is 0 Å². The van der Waals surface area contributed by atoms with Gasteiger partial charge in [0.05, 0.1) is 6.61 Å². The Morgan fingerprint density at radius 2 is 2.14 bits per heavy atom. The van der Waals surface area contributed by atoms with Crippen molar-refractivity contribution in [1.82, 2.24) is 10.2 Å². The average Bonchev–Trinajstić information content (AvgIpc) is 3.16. The first-order valence-electron chi connectivity index (χ1n) is 9.26. The minimum atomic E-state index is 0.405. The first kappa shape index (κ1) is 17.6. The fourth-order valence-corrected chi connectivity index (χ4v) is 3.90. The second kappa shape index (κ2) is 8.76. The number of likely N-dealkylation sites (tertiary alicyclic amines) is 1. The summed E-state index contributed by atoms with van der Waals surface area (Å²) < 4.78 is 5.63. The van der Waals surface area contributed by atoms with E-state index >= 15 is 0 Å². The smallest absolute Gasteiger partial charge is 0.193 e. The van der Waals surface area contributed by atoms with E-state index in [0.29, 0.717) is 5.41 Å². The third kappa shape index (κ3) is 4.61. The molecule has 1 spiro atoms. The summed E-state index contributed by atoms with van der Waals surface area (Å²) in [7, 11) is 1.92. The average molecular weight is 309 g/mol. The van der Waals surface area contributed by atoms with Crippen LogP contribution in [0.15, 0.2) is 4.99 Å². The van der Waals surface area contributed by atoms with Gasteiger partial charge in [-0.2, -0.15) is 0 Å². The first-order chi connectivity index (χ1) is 10.7. The lowest BCUT2D eigenvalue weighted by Gasteiger charge is -2.26. The summed E-state index contributed by atoms with van der Waals surface area (Å²) in [6.07, 6.45) is 9.04. The molecule has 2 heterocycles. The summed E-state index contributed by atoms with van der Waals surface area (Å²) in [5, 5.41) is 3.65. The Morgan fingerprint density at radius 1 is 1.27 bits per heavy atom. The highest BCUT2D eigenvalue weighted by Crippen LogP contribution is 2.38. The number of guanidine groups is 1. The third-order valence-corrected chi connectivity index (χ3v) is 5.35. The van der Waals surface area contributed by atoms with Gasteiger partial charge in [0.1, 0.15) is 0 Å². The van der Waals surface area contributed by atoms with Crippen molar-refractivity contribution in [3.05, 3.63) is 0 Å². The van der Waals surface area contributed by atoms with Gasteiger partial charge >= 0.3 is 0 Å². The Kier molecular flexibility index (Phi) is 7.00. The molecule has 0 amide bonds. The lowest BCUT2D eigenvalue weighted by atomic mass is 9.87. The van der Waals surface area contributed by atoms with Gasteiger partial charge in [-0.15, -0.1) is 0 Å². The van der Waals surface area contributed by atoms with Gasteiger partial charge in [-0.05, 0) is 31.6 Å². The quantitative estimate of drug-likeness (QED) is 0.579. The van der Waals surface area contributed by atoms with E-state index in [1.165, 1.54) is 44.9 Å². The Bertz CT molecular complexity index is 350. The summed E-state index contributed by atoms with van der Waals surface area (Å²) in [5.74, 6) is 1.88. The van der Waals surface area contributed by atoms with E-state index in [0.717, 1.165) is 44.7 Å². The van der Waals surface area contributed by atoms with Gasteiger partial charge in [-0.1, -0.05) is 33.1 Å². The Labute approximate surface area is 136 Å². The third-order valence-electron chi connectivity index (χ3n) is 5.35. The highest BCUT2D eigenvalue weighted by Gasteiger charge is 2.42. The van der Waals surface area contributed by atoms with Gasteiger partial charge in [0.25, 0.3) is 0 Å². The van der Waals surface area contributed by atoms with E-state index in [-0.39, 0.29) is 0 Å². The topological polar surface area (TPSA) is 36.9 Å². The van der Waals surface area contributed by atoms with E-state index in [9.17, 15) is 0 Å². The van der Waals surface area contributed by atoms with Crippen LogP contribution in [0.4, 0.5) is 0 Å². The number of nitrogens with one attached hydrogen (secondary N) is 1. The number of hydrogen-bond acceptors (Lipinski definition) is 2. The summed E-state index contributed by atoms with van der Waals surface area (Å²) in [5.41, 5.74) is 0.405. The molecule has 2 aliphatic heterocycles. The highest BCUT2D eigenvalue weighted by atomic mass is 16.5. The van der Waals surface area contributed by atoms with E-state index in [2.05, 4.69) is 29.1 Å². The second-order valence-corrected chi connectivity index (χ2v) is 7.20. The highest BCUT2D eigenvalue weighted by molar-refractivity contribution is 5.80. The van der Waals surface area contributed by atoms with Crippen LogP contribution in [-0.2, 0) is 4.74 Å². The number of hydrogen-bond donors (Lipinski definition) is 1. The molecule has 2 rings (SSSR count). The van der Waals surface area contributed by atoms with Gasteiger partial charge in [-0.25, -0.2) is 0 Å². The molecule has 2 fully saturated rings. The molecular formula is C18H35N3O. The Hall–Kier alpha value is -0.770. The molecule has 1 N–H and O–H groups in total. The van der Waals surface area contributed by atoms with E-state index in [1.54, 1.807) is 0 Å². The molecule has 4 nitrogen and oxygen atoms in total. The van der Waals surface area contributed by atoms with Crippen LogP contribution in [0.5, 0.6) is 0 Å². The van der Waals surface area contributed by atoms with Crippen LogP contribution in [0, 0.1) is 11.3 Å². The number of ether oxygens (including phenoxy) is 1. The van der Waals surface area contributed by atoms with Crippen molar-refractivity contribution in [1.29, 1.82) is 0 Å². The van der Waals surface area contributed by atoms with Crippen molar-refractivity contribution in [3.63, 3.8) is 0 Å². The molecule has 0 radical (unpaired) electrons. The van der Waals surface area contributed by atoms with Crippen LogP contribution in [0.3, 0.4) is 0 Å². The minimum absolute atomic E-state index is 0.405. The monoisotopic (exact) mass is 309 g/mol. The lowest BCUT2D eigenvalue weighted by Crippen LogP contribution is -2.43. The van der Waals surface area contributed by atoms with Crippen molar-refractivity contribution in [3.8, 4) is 0 Å². The molecule has 2 saturated heterocycles. The van der Waals surface area contributed by atoms with Crippen LogP contribution >= 0.6 is 0 Å². The van der Waals surface area contributed by atoms with Gasteiger partial charge in [0.15, 0.2) is 5.96 Å². The second-order valence-electron chi connectivity index (χ2n) is 7.20. The molecule has 128 valence electrons. The molecule has 0 aromatic rings. The van der Waals surface area contributed by atoms with Crippen molar-refractivity contribution < 1.29 is 4.74 Å². The zero-order chi connectivity index (χ0) is 15.8.